The molecule has 0 fully saturated rings. The zero-order valence-electron chi connectivity index (χ0n) is 12.2. The first-order valence-corrected chi connectivity index (χ1v) is 7.95. The largest absolute Gasteiger partial charge is 0.463 e. The number of rotatable bonds is 3. The van der Waals surface area contributed by atoms with Gasteiger partial charge < -0.3 is 4.42 Å². The molecule has 0 aliphatic heterocycles. The molecule has 1 atom stereocenters. The SMILES string of the molecule is C/C(=N/NC(=O)c1cc2c(s1)CC[C@@H](C)C2)c1ccco1. The lowest BCUT2D eigenvalue weighted by molar-refractivity contribution is 0.0959. The van der Waals surface area contributed by atoms with Gasteiger partial charge in [-0.05, 0) is 55.9 Å². The second-order valence-corrected chi connectivity index (χ2v) is 6.66. The van der Waals surface area contributed by atoms with Gasteiger partial charge in [-0.1, -0.05) is 6.92 Å². The summed E-state index contributed by atoms with van der Waals surface area (Å²) in [6, 6.07) is 5.63. The molecular weight excluding hydrogens is 284 g/mol. The first-order valence-electron chi connectivity index (χ1n) is 7.13. The van der Waals surface area contributed by atoms with Crippen molar-refractivity contribution in [1.29, 1.82) is 0 Å². The molecule has 0 saturated heterocycles. The predicted molar refractivity (Wildman–Crippen MR) is 83.9 cm³/mol. The van der Waals surface area contributed by atoms with Crippen LogP contribution >= 0.6 is 11.3 Å². The molecular formula is C16H18N2O2S. The fourth-order valence-electron chi connectivity index (χ4n) is 2.55. The first kappa shape index (κ1) is 14.1. The number of amides is 1. The fraction of sp³-hybridized carbons (Fsp3) is 0.375. The van der Waals surface area contributed by atoms with Crippen LogP contribution in [-0.2, 0) is 12.8 Å². The Kier molecular flexibility index (Phi) is 3.92. The van der Waals surface area contributed by atoms with E-state index in [0.29, 0.717) is 17.4 Å². The molecule has 1 aliphatic carbocycles. The normalized spacial score (nSPS) is 18.4. The number of carbonyl (C=O) groups is 1. The minimum atomic E-state index is -0.145. The van der Waals surface area contributed by atoms with Crippen molar-refractivity contribution >= 4 is 23.0 Å². The van der Waals surface area contributed by atoms with Gasteiger partial charge in [0, 0.05) is 4.88 Å². The van der Waals surface area contributed by atoms with Crippen molar-refractivity contribution in [2.75, 3.05) is 0 Å². The van der Waals surface area contributed by atoms with Crippen LogP contribution < -0.4 is 5.43 Å². The van der Waals surface area contributed by atoms with Crippen LogP contribution in [0.2, 0.25) is 0 Å². The van der Waals surface area contributed by atoms with Gasteiger partial charge in [0.25, 0.3) is 5.91 Å². The number of furan rings is 1. The molecule has 21 heavy (non-hydrogen) atoms. The molecule has 2 heterocycles. The van der Waals surface area contributed by atoms with Crippen LogP contribution in [0.25, 0.3) is 0 Å². The Balaban J connectivity index is 1.70. The van der Waals surface area contributed by atoms with Gasteiger partial charge in [0.1, 0.15) is 11.5 Å². The van der Waals surface area contributed by atoms with Gasteiger partial charge in [-0.2, -0.15) is 5.10 Å². The molecule has 5 heteroatoms. The summed E-state index contributed by atoms with van der Waals surface area (Å²) < 4.78 is 5.23. The topological polar surface area (TPSA) is 54.6 Å². The number of nitrogens with zero attached hydrogens (tertiary/aromatic N) is 1. The highest BCUT2D eigenvalue weighted by Gasteiger charge is 2.20. The quantitative estimate of drug-likeness (QED) is 0.695. The van der Waals surface area contributed by atoms with Gasteiger partial charge in [0.15, 0.2) is 0 Å². The van der Waals surface area contributed by atoms with E-state index in [9.17, 15) is 4.79 Å². The standard InChI is InChI=1S/C16H18N2O2S/c1-10-5-6-14-12(8-10)9-15(21-14)16(19)18-17-11(2)13-4-3-7-20-13/h3-4,7,9-10H,5-6,8H2,1-2H3,(H,18,19)/b17-11-/t10-/m1/s1. The molecule has 0 spiro atoms. The van der Waals surface area contributed by atoms with Crippen molar-refractivity contribution in [3.8, 4) is 0 Å². The average Bonchev–Trinajstić information content (AvgIpc) is 3.12. The molecule has 0 radical (unpaired) electrons. The lowest BCUT2D eigenvalue weighted by Crippen LogP contribution is -2.18. The van der Waals surface area contributed by atoms with Gasteiger partial charge in [0.2, 0.25) is 0 Å². The monoisotopic (exact) mass is 302 g/mol. The van der Waals surface area contributed by atoms with Crippen molar-refractivity contribution in [2.24, 2.45) is 11.0 Å². The van der Waals surface area contributed by atoms with Crippen molar-refractivity contribution in [3.05, 3.63) is 45.5 Å². The van der Waals surface area contributed by atoms with Crippen molar-refractivity contribution in [3.63, 3.8) is 0 Å². The molecule has 1 amide bonds. The summed E-state index contributed by atoms with van der Waals surface area (Å²) in [4.78, 5) is 14.3. The van der Waals surface area contributed by atoms with Crippen LogP contribution in [0.3, 0.4) is 0 Å². The van der Waals surface area contributed by atoms with E-state index in [1.807, 2.05) is 12.1 Å². The minimum Gasteiger partial charge on any atom is -0.463 e. The van der Waals surface area contributed by atoms with E-state index < -0.39 is 0 Å². The van der Waals surface area contributed by atoms with Crippen LogP contribution in [0, 0.1) is 5.92 Å². The maximum atomic E-state index is 12.2. The maximum Gasteiger partial charge on any atom is 0.281 e. The second-order valence-electron chi connectivity index (χ2n) is 5.52. The Morgan fingerprint density at radius 1 is 1.52 bits per heavy atom. The molecule has 0 unspecified atom stereocenters. The Labute approximate surface area is 127 Å². The van der Waals surface area contributed by atoms with Gasteiger partial charge >= 0.3 is 0 Å². The number of hydrazone groups is 1. The molecule has 0 saturated carbocycles. The number of carbonyl (C=O) groups excluding carboxylic acids is 1. The fourth-order valence-corrected chi connectivity index (χ4v) is 3.65. The third kappa shape index (κ3) is 3.08. The Morgan fingerprint density at radius 3 is 3.14 bits per heavy atom. The summed E-state index contributed by atoms with van der Waals surface area (Å²) in [5.74, 6) is 1.23. The Hall–Kier alpha value is -1.88. The van der Waals surface area contributed by atoms with Crippen LogP contribution in [0.15, 0.2) is 34.0 Å². The van der Waals surface area contributed by atoms with Crippen molar-refractivity contribution in [2.45, 2.75) is 33.1 Å². The molecule has 110 valence electrons. The summed E-state index contributed by atoms with van der Waals surface area (Å²) >= 11 is 1.59. The van der Waals surface area contributed by atoms with Crippen molar-refractivity contribution < 1.29 is 9.21 Å². The Morgan fingerprint density at radius 2 is 2.38 bits per heavy atom. The molecule has 1 aliphatic rings. The molecule has 3 rings (SSSR count). The number of nitrogens with one attached hydrogen (secondary N) is 1. The minimum absolute atomic E-state index is 0.145. The van der Waals surface area contributed by atoms with Crippen LogP contribution in [-0.4, -0.2) is 11.6 Å². The van der Waals surface area contributed by atoms with Gasteiger partial charge in [-0.3, -0.25) is 4.79 Å². The van der Waals surface area contributed by atoms with E-state index in [1.54, 1.807) is 30.6 Å². The summed E-state index contributed by atoms with van der Waals surface area (Å²) in [5, 5.41) is 4.09. The van der Waals surface area contributed by atoms with Gasteiger partial charge in [-0.15, -0.1) is 11.3 Å². The predicted octanol–water partition coefficient (Wildman–Crippen LogP) is 3.62. The summed E-state index contributed by atoms with van der Waals surface area (Å²) in [6.07, 6.45) is 4.96. The number of thiophene rings is 1. The first-order chi connectivity index (χ1) is 10.1. The van der Waals surface area contributed by atoms with E-state index in [-0.39, 0.29) is 5.91 Å². The lowest BCUT2D eigenvalue weighted by Gasteiger charge is -2.16. The molecule has 2 aromatic heterocycles. The summed E-state index contributed by atoms with van der Waals surface area (Å²) in [7, 11) is 0. The van der Waals surface area contributed by atoms with Crippen molar-refractivity contribution in [1.82, 2.24) is 5.43 Å². The van der Waals surface area contributed by atoms with E-state index in [2.05, 4.69) is 17.5 Å². The number of hydrogen-bond acceptors (Lipinski definition) is 4. The highest BCUT2D eigenvalue weighted by molar-refractivity contribution is 7.14. The molecule has 0 aromatic carbocycles. The van der Waals surface area contributed by atoms with E-state index in [4.69, 9.17) is 4.42 Å². The molecule has 1 N–H and O–H groups in total. The van der Waals surface area contributed by atoms with Crippen LogP contribution in [0.4, 0.5) is 0 Å². The van der Waals surface area contributed by atoms with Gasteiger partial charge in [0.05, 0.1) is 11.1 Å². The highest BCUT2D eigenvalue weighted by Crippen LogP contribution is 2.32. The average molecular weight is 302 g/mol. The number of fused-ring (bicyclic) bond motifs is 1. The van der Waals surface area contributed by atoms with Crippen LogP contribution in [0.5, 0.6) is 0 Å². The number of aryl methyl sites for hydroxylation is 1. The molecule has 2 aromatic rings. The zero-order chi connectivity index (χ0) is 14.8. The maximum absolute atomic E-state index is 12.2. The zero-order valence-corrected chi connectivity index (χ0v) is 13.0. The molecule has 0 bridgehead atoms. The highest BCUT2D eigenvalue weighted by atomic mass is 32.1. The van der Waals surface area contributed by atoms with E-state index in [1.165, 1.54) is 16.9 Å². The summed E-state index contributed by atoms with van der Waals surface area (Å²) in [6.45, 7) is 4.07. The van der Waals surface area contributed by atoms with E-state index in [0.717, 1.165) is 17.7 Å². The number of hydrogen-bond donors (Lipinski definition) is 1. The van der Waals surface area contributed by atoms with E-state index >= 15 is 0 Å². The van der Waals surface area contributed by atoms with Crippen LogP contribution in [0.1, 0.15) is 46.1 Å². The second kappa shape index (κ2) is 5.85. The van der Waals surface area contributed by atoms with Gasteiger partial charge in [-0.25, -0.2) is 5.43 Å². The summed E-state index contributed by atoms with van der Waals surface area (Å²) in [5.41, 5.74) is 4.59. The smallest absolute Gasteiger partial charge is 0.281 e. The lowest BCUT2D eigenvalue weighted by atomic mass is 9.90. The Bertz CT molecular complexity index is 671. The third-order valence-electron chi connectivity index (χ3n) is 3.76. The third-order valence-corrected chi connectivity index (χ3v) is 4.99. The molecule has 4 nitrogen and oxygen atoms in total.